The first-order valence-electron chi connectivity index (χ1n) is 5.86. The van der Waals surface area contributed by atoms with Crippen molar-refractivity contribution in [1.82, 2.24) is 4.98 Å². The first-order valence-corrected chi connectivity index (χ1v) is 7.06. The SMILES string of the molecule is Cc1nc(-c2ccc(C(C)C(=O)O)cc2Cl)sc1C. The quantitative estimate of drug-likeness (QED) is 0.920. The highest BCUT2D eigenvalue weighted by molar-refractivity contribution is 7.15. The van der Waals surface area contributed by atoms with Crippen LogP contribution in [-0.2, 0) is 4.79 Å². The standard InChI is InChI=1S/C14H14ClNO2S/c1-7(14(17)18)10-4-5-11(12(15)6-10)13-16-8(2)9(3)19-13/h4-7H,1-3H3,(H,17,18). The zero-order valence-corrected chi connectivity index (χ0v) is 12.5. The number of benzene rings is 1. The smallest absolute Gasteiger partial charge is 0.310 e. The number of carbonyl (C=O) groups is 1. The molecule has 1 atom stereocenters. The minimum atomic E-state index is -0.857. The fourth-order valence-corrected chi connectivity index (χ4v) is 2.99. The van der Waals surface area contributed by atoms with E-state index >= 15 is 0 Å². The van der Waals surface area contributed by atoms with Crippen LogP contribution in [0.25, 0.3) is 10.6 Å². The molecule has 0 saturated carbocycles. The second-order valence-electron chi connectivity index (χ2n) is 4.46. The molecule has 1 aromatic heterocycles. The second kappa shape index (κ2) is 5.31. The molecular formula is C14H14ClNO2S. The Morgan fingerprint density at radius 2 is 2.11 bits per heavy atom. The highest BCUT2D eigenvalue weighted by Gasteiger charge is 2.16. The molecule has 0 fully saturated rings. The van der Waals surface area contributed by atoms with Crippen molar-refractivity contribution >= 4 is 28.9 Å². The summed E-state index contributed by atoms with van der Waals surface area (Å²) >= 11 is 7.84. The summed E-state index contributed by atoms with van der Waals surface area (Å²) in [5, 5.41) is 10.4. The number of nitrogens with zero attached hydrogens (tertiary/aromatic N) is 1. The number of aromatic nitrogens is 1. The molecule has 1 unspecified atom stereocenters. The molecule has 1 heterocycles. The van der Waals surface area contributed by atoms with E-state index in [1.807, 2.05) is 19.9 Å². The number of halogens is 1. The molecule has 0 aliphatic rings. The fourth-order valence-electron chi connectivity index (χ4n) is 1.70. The van der Waals surface area contributed by atoms with Crippen LogP contribution in [-0.4, -0.2) is 16.1 Å². The Labute approximate surface area is 120 Å². The van der Waals surface area contributed by atoms with E-state index in [1.165, 1.54) is 0 Å². The van der Waals surface area contributed by atoms with Gasteiger partial charge in [-0.1, -0.05) is 23.7 Å². The summed E-state index contributed by atoms with van der Waals surface area (Å²) in [6.07, 6.45) is 0. The van der Waals surface area contributed by atoms with E-state index in [2.05, 4.69) is 4.98 Å². The van der Waals surface area contributed by atoms with Gasteiger partial charge in [0.1, 0.15) is 5.01 Å². The third-order valence-corrected chi connectivity index (χ3v) is 4.54. The second-order valence-corrected chi connectivity index (χ2v) is 6.07. The molecule has 0 amide bonds. The molecule has 0 aliphatic carbocycles. The molecule has 2 rings (SSSR count). The Hall–Kier alpha value is -1.39. The number of hydrogen-bond acceptors (Lipinski definition) is 3. The Kier molecular flexibility index (Phi) is 3.92. The molecule has 0 aliphatic heterocycles. The van der Waals surface area contributed by atoms with Gasteiger partial charge in [-0.25, -0.2) is 4.98 Å². The van der Waals surface area contributed by atoms with Crippen LogP contribution in [0.1, 0.15) is 29.0 Å². The highest BCUT2D eigenvalue weighted by Crippen LogP contribution is 2.34. The van der Waals surface area contributed by atoms with E-state index in [-0.39, 0.29) is 0 Å². The summed E-state index contributed by atoms with van der Waals surface area (Å²) in [6, 6.07) is 5.35. The molecule has 1 aromatic carbocycles. The maximum atomic E-state index is 11.0. The number of hydrogen-bond donors (Lipinski definition) is 1. The third kappa shape index (κ3) is 2.80. The van der Waals surface area contributed by atoms with Gasteiger partial charge in [0.2, 0.25) is 0 Å². The van der Waals surface area contributed by atoms with Crippen LogP contribution in [0.3, 0.4) is 0 Å². The van der Waals surface area contributed by atoms with Crippen molar-refractivity contribution in [3.05, 3.63) is 39.4 Å². The van der Waals surface area contributed by atoms with Gasteiger partial charge in [0, 0.05) is 10.4 Å². The summed E-state index contributed by atoms with van der Waals surface area (Å²) in [7, 11) is 0. The van der Waals surface area contributed by atoms with Gasteiger partial charge in [0.15, 0.2) is 0 Å². The van der Waals surface area contributed by atoms with Crippen molar-refractivity contribution in [2.45, 2.75) is 26.7 Å². The lowest BCUT2D eigenvalue weighted by Crippen LogP contribution is -2.07. The lowest BCUT2D eigenvalue weighted by atomic mass is 10.00. The van der Waals surface area contributed by atoms with E-state index in [0.29, 0.717) is 10.6 Å². The van der Waals surface area contributed by atoms with Gasteiger partial charge in [-0.2, -0.15) is 0 Å². The van der Waals surface area contributed by atoms with E-state index in [9.17, 15) is 4.79 Å². The number of carboxylic acids is 1. The lowest BCUT2D eigenvalue weighted by molar-refractivity contribution is -0.138. The van der Waals surface area contributed by atoms with Crippen LogP contribution in [0.15, 0.2) is 18.2 Å². The number of rotatable bonds is 3. The summed E-state index contributed by atoms with van der Waals surface area (Å²) in [5.74, 6) is -1.42. The summed E-state index contributed by atoms with van der Waals surface area (Å²) in [4.78, 5) is 16.6. The summed E-state index contributed by atoms with van der Waals surface area (Å²) in [6.45, 7) is 5.63. The number of thiazole rings is 1. The number of carboxylic acid groups (broad SMARTS) is 1. The van der Waals surface area contributed by atoms with Crippen LogP contribution < -0.4 is 0 Å². The number of aryl methyl sites for hydroxylation is 2. The van der Waals surface area contributed by atoms with Crippen LogP contribution >= 0.6 is 22.9 Å². The number of aliphatic carboxylic acids is 1. The maximum Gasteiger partial charge on any atom is 0.310 e. The molecule has 0 spiro atoms. The van der Waals surface area contributed by atoms with E-state index in [0.717, 1.165) is 21.1 Å². The first kappa shape index (κ1) is 14.0. The molecule has 3 nitrogen and oxygen atoms in total. The van der Waals surface area contributed by atoms with Gasteiger partial charge in [0.25, 0.3) is 0 Å². The van der Waals surface area contributed by atoms with Crippen LogP contribution in [0.4, 0.5) is 0 Å². The first-order chi connectivity index (χ1) is 8.90. The molecule has 0 radical (unpaired) electrons. The van der Waals surface area contributed by atoms with Crippen molar-refractivity contribution in [1.29, 1.82) is 0 Å². The third-order valence-electron chi connectivity index (χ3n) is 3.12. The minimum absolute atomic E-state index is 0.541. The molecule has 2 aromatic rings. The molecule has 0 bridgehead atoms. The minimum Gasteiger partial charge on any atom is -0.481 e. The van der Waals surface area contributed by atoms with Crippen LogP contribution in [0, 0.1) is 13.8 Å². The van der Waals surface area contributed by atoms with Gasteiger partial charge in [-0.05, 0) is 32.4 Å². The summed E-state index contributed by atoms with van der Waals surface area (Å²) < 4.78 is 0. The molecular weight excluding hydrogens is 282 g/mol. The zero-order valence-electron chi connectivity index (χ0n) is 10.9. The molecule has 1 N–H and O–H groups in total. The van der Waals surface area contributed by atoms with Gasteiger partial charge in [-0.15, -0.1) is 11.3 Å². The van der Waals surface area contributed by atoms with Gasteiger partial charge in [0.05, 0.1) is 16.6 Å². The molecule has 19 heavy (non-hydrogen) atoms. The largest absolute Gasteiger partial charge is 0.481 e. The summed E-state index contributed by atoms with van der Waals surface area (Å²) in [5.41, 5.74) is 2.55. The van der Waals surface area contributed by atoms with E-state index < -0.39 is 11.9 Å². The monoisotopic (exact) mass is 295 g/mol. The fraction of sp³-hybridized carbons (Fsp3) is 0.286. The zero-order chi connectivity index (χ0) is 14.2. The Morgan fingerprint density at radius 1 is 1.42 bits per heavy atom. The maximum absolute atomic E-state index is 11.0. The Morgan fingerprint density at radius 3 is 2.58 bits per heavy atom. The average Bonchev–Trinajstić information content (AvgIpc) is 2.68. The molecule has 0 saturated heterocycles. The Bertz CT molecular complexity index is 617. The van der Waals surface area contributed by atoms with Gasteiger partial charge in [-0.3, -0.25) is 4.79 Å². The van der Waals surface area contributed by atoms with Crippen molar-refractivity contribution < 1.29 is 9.90 Å². The predicted octanol–water partition coefficient (Wildman–Crippen LogP) is 4.27. The van der Waals surface area contributed by atoms with Gasteiger partial charge < -0.3 is 5.11 Å². The van der Waals surface area contributed by atoms with Crippen molar-refractivity contribution in [3.8, 4) is 10.6 Å². The van der Waals surface area contributed by atoms with Crippen LogP contribution in [0.5, 0.6) is 0 Å². The van der Waals surface area contributed by atoms with E-state index in [1.54, 1.807) is 30.4 Å². The van der Waals surface area contributed by atoms with Crippen molar-refractivity contribution in [3.63, 3.8) is 0 Å². The highest BCUT2D eigenvalue weighted by atomic mass is 35.5. The van der Waals surface area contributed by atoms with Gasteiger partial charge >= 0.3 is 5.97 Å². The van der Waals surface area contributed by atoms with Crippen molar-refractivity contribution in [2.24, 2.45) is 0 Å². The van der Waals surface area contributed by atoms with E-state index in [4.69, 9.17) is 16.7 Å². The molecule has 5 heteroatoms. The predicted molar refractivity (Wildman–Crippen MR) is 78.1 cm³/mol. The van der Waals surface area contributed by atoms with Crippen LogP contribution in [0.2, 0.25) is 5.02 Å². The lowest BCUT2D eigenvalue weighted by Gasteiger charge is -2.08. The Balaban J connectivity index is 2.42. The average molecular weight is 296 g/mol. The normalized spacial score (nSPS) is 12.4. The topological polar surface area (TPSA) is 50.2 Å². The molecule has 100 valence electrons. The van der Waals surface area contributed by atoms with Crippen molar-refractivity contribution in [2.75, 3.05) is 0 Å².